The largest absolute Gasteiger partial charge is 0.436 e. The van der Waals surface area contributed by atoms with E-state index in [-0.39, 0.29) is 11.5 Å². The molecule has 0 aliphatic rings. The van der Waals surface area contributed by atoms with E-state index in [2.05, 4.69) is 10.3 Å². The molecule has 0 unspecified atom stereocenters. The van der Waals surface area contributed by atoms with Gasteiger partial charge in [0.25, 0.3) is 5.91 Å². The molecule has 4 nitrogen and oxygen atoms in total. The minimum Gasteiger partial charge on any atom is -0.436 e. The molecule has 4 aromatic rings. The third kappa shape index (κ3) is 3.65. The van der Waals surface area contributed by atoms with Crippen molar-refractivity contribution in [1.82, 2.24) is 4.98 Å². The van der Waals surface area contributed by atoms with Gasteiger partial charge in [0.2, 0.25) is 5.89 Å². The number of oxazole rings is 1. The Morgan fingerprint density at radius 2 is 1.70 bits per heavy atom. The number of nitrogens with zero attached hydrogens (tertiary/aromatic N) is 1. The van der Waals surface area contributed by atoms with Crippen LogP contribution in [-0.2, 0) is 0 Å². The Balaban J connectivity index is 1.68. The molecule has 7 heteroatoms. The van der Waals surface area contributed by atoms with Gasteiger partial charge in [-0.2, -0.15) is 0 Å². The second kappa shape index (κ2) is 7.24. The standard InChI is InChI=1S/C20H11Cl3N2O2/c21-11-5-7-15(22)13(9-11)19(26)24-12-6-8-16(23)14(10-12)20-25-17-3-1-2-4-18(17)27-20/h1-10H,(H,24,26). The molecule has 0 atom stereocenters. The lowest BCUT2D eigenvalue weighted by atomic mass is 10.1. The highest BCUT2D eigenvalue weighted by Crippen LogP contribution is 2.32. The number of para-hydroxylation sites is 2. The lowest BCUT2D eigenvalue weighted by molar-refractivity contribution is 0.102. The first-order valence-corrected chi connectivity index (χ1v) is 9.06. The van der Waals surface area contributed by atoms with E-state index in [0.29, 0.717) is 37.8 Å². The van der Waals surface area contributed by atoms with Crippen molar-refractivity contribution in [3.05, 3.63) is 81.3 Å². The Bertz CT molecular complexity index is 1140. The second-order valence-electron chi connectivity index (χ2n) is 5.76. The van der Waals surface area contributed by atoms with Gasteiger partial charge in [0.15, 0.2) is 5.58 Å². The summed E-state index contributed by atoms with van der Waals surface area (Å²) in [5.74, 6) is -0.00794. The molecular formula is C20H11Cl3N2O2. The average Bonchev–Trinajstić information content (AvgIpc) is 3.09. The van der Waals surface area contributed by atoms with Crippen LogP contribution in [0.15, 0.2) is 65.1 Å². The number of benzene rings is 3. The third-order valence-corrected chi connectivity index (χ3v) is 4.82. The second-order valence-corrected chi connectivity index (χ2v) is 7.01. The molecule has 0 radical (unpaired) electrons. The normalized spacial score (nSPS) is 10.9. The summed E-state index contributed by atoms with van der Waals surface area (Å²) in [7, 11) is 0. The molecule has 0 fully saturated rings. The lowest BCUT2D eigenvalue weighted by Crippen LogP contribution is -2.12. The van der Waals surface area contributed by atoms with E-state index in [1.807, 2.05) is 24.3 Å². The van der Waals surface area contributed by atoms with Gasteiger partial charge in [-0.1, -0.05) is 46.9 Å². The van der Waals surface area contributed by atoms with Crippen molar-refractivity contribution in [3.8, 4) is 11.5 Å². The van der Waals surface area contributed by atoms with Crippen LogP contribution in [0.5, 0.6) is 0 Å². The topological polar surface area (TPSA) is 55.1 Å². The molecule has 0 saturated carbocycles. The number of carbonyl (C=O) groups is 1. The molecule has 0 bridgehead atoms. The molecule has 4 rings (SSSR count). The summed E-state index contributed by atoms with van der Waals surface area (Å²) < 4.78 is 5.77. The molecule has 0 aliphatic heterocycles. The van der Waals surface area contributed by atoms with Gasteiger partial charge in [0.1, 0.15) is 5.52 Å². The lowest BCUT2D eigenvalue weighted by Gasteiger charge is -2.09. The first kappa shape index (κ1) is 17.9. The van der Waals surface area contributed by atoms with Gasteiger partial charge in [-0.15, -0.1) is 0 Å². The number of hydrogen-bond acceptors (Lipinski definition) is 3. The van der Waals surface area contributed by atoms with E-state index in [4.69, 9.17) is 39.2 Å². The fourth-order valence-corrected chi connectivity index (χ4v) is 3.20. The van der Waals surface area contributed by atoms with Crippen molar-refractivity contribution in [3.63, 3.8) is 0 Å². The van der Waals surface area contributed by atoms with Crippen LogP contribution in [0.25, 0.3) is 22.6 Å². The summed E-state index contributed by atoms with van der Waals surface area (Å²) in [6.45, 7) is 0. The fraction of sp³-hybridized carbons (Fsp3) is 0. The monoisotopic (exact) mass is 416 g/mol. The van der Waals surface area contributed by atoms with Gasteiger partial charge >= 0.3 is 0 Å². The quantitative estimate of drug-likeness (QED) is 0.403. The number of fused-ring (bicyclic) bond motifs is 1. The minimum atomic E-state index is -0.381. The Morgan fingerprint density at radius 1 is 0.926 bits per heavy atom. The van der Waals surface area contributed by atoms with Crippen molar-refractivity contribution in [2.45, 2.75) is 0 Å². The molecule has 1 amide bonds. The highest BCUT2D eigenvalue weighted by molar-refractivity contribution is 6.36. The van der Waals surface area contributed by atoms with Crippen LogP contribution >= 0.6 is 34.8 Å². The molecule has 134 valence electrons. The van der Waals surface area contributed by atoms with Crippen molar-refractivity contribution >= 4 is 57.5 Å². The SMILES string of the molecule is O=C(Nc1ccc(Cl)c(-c2nc3ccccc3o2)c1)c1cc(Cl)ccc1Cl. The first-order valence-electron chi connectivity index (χ1n) is 7.93. The van der Waals surface area contributed by atoms with E-state index < -0.39 is 0 Å². The number of hydrogen-bond donors (Lipinski definition) is 1. The van der Waals surface area contributed by atoms with Gasteiger partial charge in [-0.3, -0.25) is 4.79 Å². The average molecular weight is 418 g/mol. The zero-order valence-corrected chi connectivity index (χ0v) is 15.9. The fourth-order valence-electron chi connectivity index (χ4n) is 2.62. The zero-order valence-electron chi connectivity index (χ0n) is 13.7. The molecule has 1 N–H and O–H groups in total. The van der Waals surface area contributed by atoms with Gasteiger partial charge in [-0.25, -0.2) is 4.98 Å². The van der Waals surface area contributed by atoms with Crippen LogP contribution in [0.3, 0.4) is 0 Å². The summed E-state index contributed by atoms with van der Waals surface area (Å²) >= 11 is 18.3. The van der Waals surface area contributed by atoms with Crippen molar-refractivity contribution in [2.75, 3.05) is 5.32 Å². The summed E-state index contributed by atoms with van der Waals surface area (Å²) in [6.07, 6.45) is 0. The molecule has 1 aromatic heterocycles. The van der Waals surface area contributed by atoms with E-state index >= 15 is 0 Å². The Labute approximate surface area is 169 Å². The number of aromatic nitrogens is 1. The highest BCUT2D eigenvalue weighted by Gasteiger charge is 2.15. The van der Waals surface area contributed by atoms with E-state index in [1.165, 1.54) is 6.07 Å². The van der Waals surface area contributed by atoms with Crippen LogP contribution in [-0.4, -0.2) is 10.9 Å². The minimum absolute atomic E-state index is 0.280. The van der Waals surface area contributed by atoms with Crippen molar-refractivity contribution in [2.24, 2.45) is 0 Å². The molecule has 1 heterocycles. The van der Waals surface area contributed by atoms with Gasteiger partial charge in [-0.05, 0) is 48.5 Å². The summed E-state index contributed by atoms with van der Waals surface area (Å²) in [5.41, 5.74) is 2.76. The number of nitrogens with one attached hydrogen (secondary N) is 1. The summed E-state index contributed by atoms with van der Waals surface area (Å²) in [4.78, 5) is 17.0. The third-order valence-electron chi connectivity index (χ3n) is 3.92. The Kier molecular flexibility index (Phi) is 4.79. The Morgan fingerprint density at radius 3 is 2.52 bits per heavy atom. The first-order chi connectivity index (χ1) is 13.0. The Hall–Kier alpha value is -2.53. The van der Waals surface area contributed by atoms with Gasteiger partial charge < -0.3 is 9.73 Å². The molecule has 0 aliphatic carbocycles. The molecule has 3 aromatic carbocycles. The van der Waals surface area contributed by atoms with E-state index in [0.717, 1.165) is 5.52 Å². The van der Waals surface area contributed by atoms with Crippen molar-refractivity contribution in [1.29, 1.82) is 0 Å². The van der Waals surface area contributed by atoms with Crippen LogP contribution in [0, 0.1) is 0 Å². The predicted molar refractivity (Wildman–Crippen MR) is 109 cm³/mol. The van der Waals surface area contributed by atoms with Crippen LogP contribution in [0.1, 0.15) is 10.4 Å². The summed E-state index contributed by atoms with van der Waals surface area (Å²) in [5, 5.41) is 3.98. The van der Waals surface area contributed by atoms with E-state index in [9.17, 15) is 4.79 Å². The number of amides is 1. The van der Waals surface area contributed by atoms with E-state index in [1.54, 1.807) is 30.3 Å². The molecule has 0 spiro atoms. The molecule has 27 heavy (non-hydrogen) atoms. The number of anilines is 1. The van der Waals surface area contributed by atoms with Gasteiger partial charge in [0, 0.05) is 10.7 Å². The smallest absolute Gasteiger partial charge is 0.257 e. The highest BCUT2D eigenvalue weighted by atomic mass is 35.5. The zero-order chi connectivity index (χ0) is 19.0. The van der Waals surface area contributed by atoms with Gasteiger partial charge in [0.05, 0.1) is 21.2 Å². The van der Waals surface area contributed by atoms with Crippen molar-refractivity contribution < 1.29 is 9.21 Å². The summed E-state index contributed by atoms with van der Waals surface area (Å²) in [6, 6.07) is 17.2. The number of halogens is 3. The molecule has 0 saturated heterocycles. The van der Waals surface area contributed by atoms with Crippen LogP contribution in [0.4, 0.5) is 5.69 Å². The van der Waals surface area contributed by atoms with Crippen LogP contribution < -0.4 is 5.32 Å². The van der Waals surface area contributed by atoms with Crippen LogP contribution in [0.2, 0.25) is 15.1 Å². The predicted octanol–water partition coefficient (Wildman–Crippen LogP) is 6.71. The maximum Gasteiger partial charge on any atom is 0.257 e. The maximum absolute atomic E-state index is 12.5. The number of carbonyl (C=O) groups excluding carboxylic acids is 1. The maximum atomic E-state index is 12.5. The number of rotatable bonds is 3. The molecular weight excluding hydrogens is 407 g/mol.